The van der Waals surface area contributed by atoms with Gasteiger partial charge in [0.25, 0.3) is 15.9 Å². The Morgan fingerprint density at radius 2 is 1.49 bits per heavy atom. The highest BCUT2D eigenvalue weighted by molar-refractivity contribution is 7.90. The maximum atomic E-state index is 13.8. The number of benzene rings is 3. The number of amides is 3. The highest BCUT2D eigenvalue weighted by Gasteiger charge is 2.41. The van der Waals surface area contributed by atoms with Crippen LogP contribution < -0.4 is 5.32 Å². The van der Waals surface area contributed by atoms with E-state index in [0.29, 0.717) is 0 Å². The van der Waals surface area contributed by atoms with Crippen LogP contribution in [0.25, 0.3) is 0 Å². The van der Waals surface area contributed by atoms with Gasteiger partial charge in [-0.25, -0.2) is 12.7 Å². The SMILES string of the molecule is CCC(C)NC(=O)C(Cc1ccccc1)N(Cc1ccccc1)C(=O)CCN1C(=O)c2ccccc2S1(=O)=O. The molecule has 0 bridgehead atoms. The lowest BCUT2D eigenvalue weighted by atomic mass is 10.0. The molecule has 0 spiro atoms. The van der Waals surface area contributed by atoms with E-state index in [2.05, 4.69) is 5.32 Å². The van der Waals surface area contributed by atoms with Crippen molar-refractivity contribution in [2.24, 2.45) is 0 Å². The molecule has 3 amide bonds. The molecule has 0 aliphatic carbocycles. The first-order chi connectivity index (χ1) is 18.7. The highest BCUT2D eigenvalue weighted by Crippen LogP contribution is 2.30. The summed E-state index contributed by atoms with van der Waals surface area (Å²) in [5.41, 5.74) is 1.82. The molecule has 0 radical (unpaired) electrons. The Labute approximate surface area is 229 Å². The fraction of sp³-hybridized carbons (Fsp3) is 0.300. The second-order valence-corrected chi connectivity index (χ2v) is 11.5. The van der Waals surface area contributed by atoms with Gasteiger partial charge in [-0.2, -0.15) is 0 Å². The van der Waals surface area contributed by atoms with E-state index < -0.39 is 27.9 Å². The molecule has 0 fully saturated rings. The van der Waals surface area contributed by atoms with Gasteiger partial charge in [-0.3, -0.25) is 14.4 Å². The van der Waals surface area contributed by atoms with Gasteiger partial charge in [0.2, 0.25) is 11.8 Å². The van der Waals surface area contributed by atoms with Crippen LogP contribution in [0.3, 0.4) is 0 Å². The predicted molar refractivity (Wildman–Crippen MR) is 148 cm³/mol. The van der Waals surface area contributed by atoms with E-state index in [4.69, 9.17) is 0 Å². The minimum Gasteiger partial charge on any atom is -0.352 e. The molecule has 4 rings (SSSR count). The van der Waals surface area contributed by atoms with Crippen LogP contribution >= 0.6 is 0 Å². The summed E-state index contributed by atoms with van der Waals surface area (Å²) in [6.07, 6.45) is 0.758. The molecule has 1 N–H and O–H groups in total. The summed E-state index contributed by atoms with van der Waals surface area (Å²) in [5, 5.41) is 3.01. The average molecular weight is 548 g/mol. The Morgan fingerprint density at radius 3 is 2.10 bits per heavy atom. The third-order valence-electron chi connectivity index (χ3n) is 6.91. The molecule has 2 unspecified atom stereocenters. The van der Waals surface area contributed by atoms with Gasteiger partial charge in [0.1, 0.15) is 10.9 Å². The van der Waals surface area contributed by atoms with Gasteiger partial charge < -0.3 is 10.2 Å². The molecule has 3 aromatic carbocycles. The van der Waals surface area contributed by atoms with Crippen LogP contribution in [0, 0.1) is 0 Å². The molecule has 204 valence electrons. The minimum atomic E-state index is -4.05. The molecule has 2 atom stereocenters. The fourth-order valence-corrected chi connectivity index (χ4v) is 6.14. The van der Waals surface area contributed by atoms with Gasteiger partial charge in [0.15, 0.2) is 0 Å². The summed E-state index contributed by atoms with van der Waals surface area (Å²) >= 11 is 0. The van der Waals surface area contributed by atoms with Crippen molar-refractivity contribution in [3.63, 3.8) is 0 Å². The van der Waals surface area contributed by atoms with E-state index in [1.165, 1.54) is 17.0 Å². The molecule has 39 heavy (non-hydrogen) atoms. The van der Waals surface area contributed by atoms with Crippen molar-refractivity contribution in [3.05, 3.63) is 102 Å². The molecule has 0 saturated heterocycles. The van der Waals surface area contributed by atoms with E-state index >= 15 is 0 Å². The molecule has 1 aliphatic rings. The number of fused-ring (bicyclic) bond motifs is 1. The number of carbonyl (C=O) groups excluding carboxylic acids is 3. The van der Waals surface area contributed by atoms with Crippen LogP contribution in [-0.2, 0) is 32.6 Å². The van der Waals surface area contributed by atoms with E-state index in [9.17, 15) is 22.8 Å². The van der Waals surface area contributed by atoms with Crippen molar-refractivity contribution < 1.29 is 22.8 Å². The summed E-state index contributed by atoms with van der Waals surface area (Å²) < 4.78 is 26.8. The molecule has 3 aromatic rings. The first-order valence-electron chi connectivity index (χ1n) is 13.1. The maximum absolute atomic E-state index is 13.8. The number of nitrogens with one attached hydrogen (secondary N) is 1. The third kappa shape index (κ3) is 6.37. The van der Waals surface area contributed by atoms with Crippen LogP contribution in [0.1, 0.15) is 48.2 Å². The number of carbonyl (C=O) groups is 3. The van der Waals surface area contributed by atoms with Gasteiger partial charge in [-0.05, 0) is 36.6 Å². The zero-order valence-electron chi connectivity index (χ0n) is 22.1. The Morgan fingerprint density at radius 1 is 0.897 bits per heavy atom. The predicted octanol–water partition coefficient (Wildman–Crippen LogP) is 3.78. The third-order valence-corrected chi connectivity index (χ3v) is 8.75. The molecule has 1 aliphatic heterocycles. The number of nitrogens with zero attached hydrogens (tertiary/aromatic N) is 2. The number of hydrogen-bond donors (Lipinski definition) is 1. The normalized spacial score (nSPS) is 15.3. The van der Waals surface area contributed by atoms with Crippen molar-refractivity contribution in [2.75, 3.05) is 6.54 Å². The Kier molecular flexibility index (Phi) is 8.81. The first kappa shape index (κ1) is 28.0. The smallest absolute Gasteiger partial charge is 0.269 e. The van der Waals surface area contributed by atoms with Gasteiger partial charge in [-0.1, -0.05) is 79.7 Å². The molecule has 8 nitrogen and oxygen atoms in total. The van der Waals surface area contributed by atoms with Crippen LogP contribution in [0.15, 0.2) is 89.8 Å². The van der Waals surface area contributed by atoms with Crippen LogP contribution in [-0.4, -0.2) is 54.0 Å². The molecule has 9 heteroatoms. The fourth-order valence-electron chi connectivity index (χ4n) is 4.57. The lowest BCUT2D eigenvalue weighted by Gasteiger charge is -2.32. The number of sulfonamides is 1. The maximum Gasteiger partial charge on any atom is 0.269 e. The molecule has 1 heterocycles. The van der Waals surface area contributed by atoms with Gasteiger partial charge >= 0.3 is 0 Å². The lowest BCUT2D eigenvalue weighted by Crippen LogP contribution is -2.52. The Hall–Kier alpha value is -3.98. The van der Waals surface area contributed by atoms with Gasteiger partial charge in [0.05, 0.1) is 5.56 Å². The average Bonchev–Trinajstić information content (AvgIpc) is 3.14. The first-order valence-corrected chi connectivity index (χ1v) is 14.5. The van der Waals surface area contributed by atoms with E-state index in [-0.39, 0.29) is 48.3 Å². The van der Waals surface area contributed by atoms with Crippen molar-refractivity contribution in [3.8, 4) is 0 Å². The lowest BCUT2D eigenvalue weighted by molar-refractivity contribution is -0.141. The highest BCUT2D eigenvalue weighted by atomic mass is 32.2. The van der Waals surface area contributed by atoms with Crippen molar-refractivity contribution >= 4 is 27.7 Å². The number of hydrogen-bond acceptors (Lipinski definition) is 5. The zero-order valence-corrected chi connectivity index (χ0v) is 22.9. The second-order valence-electron chi connectivity index (χ2n) is 9.66. The molecular formula is C30H33N3O5S. The standard InChI is InChI=1S/C30H33N3O5S/c1-3-22(2)31-29(35)26(20-23-12-6-4-7-13-23)32(21-24-14-8-5-9-15-24)28(34)18-19-33-30(36)25-16-10-11-17-27(25)39(33,37)38/h4-17,22,26H,3,18-21H2,1-2H3,(H,31,35). The van der Waals surface area contributed by atoms with Crippen LogP contribution in [0.4, 0.5) is 0 Å². The minimum absolute atomic E-state index is 0.0570. The number of rotatable bonds is 11. The zero-order chi connectivity index (χ0) is 28.0. The molecule has 0 aromatic heterocycles. The molecule has 0 saturated carbocycles. The van der Waals surface area contributed by atoms with Crippen LogP contribution in [0.5, 0.6) is 0 Å². The van der Waals surface area contributed by atoms with Crippen molar-refractivity contribution in [1.82, 2.24) is 14.5 Å². The molecular weight excluding hydrogens is 514 g/mol. The van der Waals surface area contributed by atoms with E-state index in [1.54, 1.807) is 12.1 Å². The van der Waals surface area contributed by atoms with Crippen molar-refractivity contribution in [1.29, 1.82) is 0 Å². The summed E-state index contributed by atoms with van der Waals surface area (Å²) in [6.45, 7) is 3.72. The van der Waals surface area contributed by atoms with E-state index in [1.807, 2.05) is 74.5 Å². The van der Waals surface area contributed by atoms with Gasteiger partial charge in [0, 0.05) is 32.0 Å². The Balaban J connectivity index is 1.62. The summed E-state index contributed by atoms with van der Waals surface area (Å²) in [7, 11) is -4.05. The Bertz CT molecular complexity index is 1430. The van der Waals surface area contributed by atoms with Crippen LogP contribution in [0.2, 0.25) is 0 Å². The summed E-state index contributed by atoms with van der Waals surface area (Å²) in [4.78, 5) is 41.7. The topological polar surface area (TPSA) is 104 Å². The summed E-state index contributed by atoms with van der Waals surface area (Å²) in [5.74, 6) is -1.35. The van der Waals surface area contributed by atoms with Crippen molar-refractivity contribution in [2.45, 2.75) is 56.6 Å². The largest absolute Gasteiger partial charge is 0.352 e. The quantitative estimate of drug-likeness (QED) is 0.394. The second kappa shape index (κ2) is 12.3. The summed E-state index contributed by atoms with van der Waals surface area (Å²) in [6, 6.07) is 23.9. The van der Waals surface area contributed by atoms with Gasteiger partial charge in [-0.15, -0.1) is 0 Å². The monoisotopic (exact) mass is 547 g/mol. The van der Waals surface area contributed by atoms with E-state index in [0.717, 1.165) is 21.9 Å².